The molecule has 0 amide bonds. The molecule has 2 aliphatic rings. The summed E-state index contributed by atoms with van der Waals surface area (Å²) in [5, 5.41) is 4.08. The zero-order valence-corrected chi connectivity index (χ0v) is 6.73. The number of epoxide rings is 1. The van der Waals surface area contributed by atoms with E-state index in [4.69, 9.17) is 9.47 Å². The second-order valence-electron chi connectivity index (χ2n) is 2.86. The van der Waals surface area contributed by atoms with Crippen molar-refractivity contribution in [1.82, 2.24) is 0 Å². The molecule has 5 heteroatoms. The Morgan fingerprint density at radius 1 is 1.33 bits per heavy atom. The Balaban J connectivity index is 1.35. The topological polar surface area (TPSA) is 49.5 Å². The maximum absolute atomic E-state index is 5.30. The minimum Gasteiger partial charge on any atom is -0.379 e. The van der Waals surface area contributed by atoms with Gasteiger partial charge in [-0.15, -0.1) is 0 Å². The molecule has 5 nitrogen and oxygen atoms in total. The fourth-order valence-corrected chi connectivity index (χ4v) is 0.922. The van der Waals surface area contributed by atoms with Crippen LogP contribution in [0.15, 0.2) is 0 Å². The van der Waals surface area contributed by atoms with Crippen LogP contribution >= 0.6 is 0 Å². The van der Waals surface area contributed by atoms with Crippen LogP contribution in [0, 0.1) is 0 Å². The summed E-state index contributed by atoms with van der Waals surface area (Å²) in [5.74, 6) is 0. The summed E-state index contributed by atoms with van der Waals surface area (Å²) < 4.78 is 10.3. The summed E-state index contributed by atoms with van der Waals surface area (Å²) in [4.78, 5) is 9.14. The molecule has 1 atom stereocenters. The molecule has 0 bridgehead atoms. The summed E-state index contributed by atoms with van der Waals surface area (Å²) in [6.07, 6.45) is 1.89. The van der Waals surface area contributed by atoms with E-state index in [2.05, 4.69) is 14.8 Å². The van der Waals surface area contributed by atoms with Crippen LogP contribution in [0.2, 0.25) is 0 Å². The first-order chi connectivity index (χ1) is 5.95. The fourth-order valence-electron chi connectivity index (χ4n) is 0.922. The predicted molar refractivity (Wildman–Crippen MR) is 36.8 cm³/mol. The third kappa shape index (κ3) is 2.69. The van der Waals surface area contributed by atoms with Gasteiger partial charge < -0.3 is 9.47 Å². The van der Waals surface area contributed by atoms with Gasteiger partial charge in [-0.2, -0.15) is 9.78 Å². The van der Waals surface area contributed by atoms with E-state index in [0.717, 1.165) is 26.1 Å². The van der Waals surface area contributed by atoms with E-state index in [1.54, 1.807) is 0 Å². The van der Waals surface area contributed by atoms with Crippen molar-refractivity contribution in [3.63, 3.8) is 0 Å². The van der Waals surface area contributed by atoms with E-state index in [9.17, 15) is 0 Å². The molecule has 0 N–H and O–H groups in total. The molecule has 0 saturated carbocycles. The zero-order valence-electron chi connectivity index (χ0n) is 6.73. The van der Waals surface area contributed by atoms with Gasteiger partial charge in [-0.3, -0.25) is 0 Å². The molecule has 2 aliphatic heterocycles. The normalized spacial score (nSPS) is 28.5. The Hall–Kier alpha value is -0.200. The molecular weight excluding hydrogens is 164 g/mol. The molecule has 0 aromatic rings. The Morgan fingerprint density at radius 2 is 2.17 bits per heavy atom. The van der Waals surface area contributed by atoms with Crippen LogP contribution in [0.25, 0.3) is 0 Å². The lowest BCUT2D eigenvalue weighted by atomic mass is 10.3. The second kappa shape index (κ2) is 4.15. The van der Waals surface area contributed by atoms with E-state index >= 15 is 0 Å². The van der Waals surface area contributed by atoms with Gasteiger partial charge >= 0.3 is 0 Å². The third-order valence-corrected chi connectivity index (χ3v) is 1.73. The van der Waals surface area contributed by atoms with Crippen molar-refractivity contribution >= 4 is 0 Å². The zero-order chi connectivity index (χ0) is 8.23. The quantitative estimate of drug-likeness (QED) is 0.333. The van der Waals surface area contributed by atoms with Crippen molar-refractivity contribution in [2.75, 3.05) is 19.8 Å². The van der Waals surface area contributed by atoms with Crippen molar-refractivity contribution < 1.29 is 24.3 Å². The average molecular weight is 176 g/mol. The Morgan fingerprint density at radius 3 is 2.75 bits per heavy atom. The van der Waals surface area contributed by atoms with E-state index in [0.29, 0.717) is 12.7 Å². The summed E-state index contributed by atoms with van der Waals surface area (Å²) >= 11 is 0. The molecule has 0 aromatic carbocycles. The second-order valence-corrected chi connectivity index (χ2v) is 2.86. The SMILES string of the molecule is C(COCC1CO1)CC1OOO1. The minimum absolute atomic E-state index is 0.189. The van der Waals surface area contributed by atoms with Crippen LogP contribution in [0.4, 0.5) is 0 Å². The molecular formula is C7H12O5. The molecule has 2 fully saturated rings. The average Bonchev–Trinajstić information content (AvgIpc) is 2.76. The van der Waals surface area contributed by atoms with Crippen LogP contribution < -0.4 is 0 Å². The predicted octanol–water partition coefficient (Wildman–Crippen LogP) is 0.401. The Kier molecular flexibility index (Phi) is 2.91. The number of ether oxygens (including phenoxy) is 2. The highest BCUT2D eigenvalue weighted by Crippen LogP contribution is 2.14. The van der Waals surface area contributed by atoms with Crippen molar-refractivity contribution in [3.05, 3.63) is 0 Å². The molecule has 2 rings (SSSR count). The maximum atomic E-state index is 5.30. The van der Waals surface area contributed by atoms with Gasteiger partial charge in [0.1, 0.15) is 6.10 Å². The lowest BCUT2D eigenvalue weighted by Gasteiger charge is -2.21. The van der Waals surface area contributed by atoms with Crippen molar-refractivity contribution in [2.24, 2.45) is 0 Å². The minimum atomic E-state index is -0.189. The van der Waals surface area contributed by atoms with Gasteiger partial charge in [0.25, 0.3) is 0 Å². The van der Waals surface area contributed by atoms with Crippen LogP contribution in [-0.2, 0) is 24.3 Å². The van der Waals surface area contributed by atoms with Gasteiger partial charge in [-0.05, 0) is 6.42 Å². The Labute approximate surface area is 70.3 Å². The summed E-state index contributed by atoms with van der Waals surface area (Å²) in [6, 6.07) is 0. The van der Waals surface area contributed by atoms with E-state index in [1.807, 2.05) is 0 Å². The van der Waals surface area contributed by atoms with E-state index in [1.165, 1.54) is 0 Å². The monoisotopic (exact) mass is 176 g/mol. The Bertz CT molecular complexity index is 132. The molecule has 0 aliphatic carbocycles. The molecule has 1 unspecified atom stereocenters. The highest BCUT2D eigenvalue weighted by Gasteiger charge is 2.23. The lowest BCUT2D eigenvalue weighted by Crippen LogP contribution is -2.28. The van der Waals surface area contributed by atoms with Gasteiger partial charge in [0.2, 0.25) is 6.29 Å². The summed E-state index contributed by atoms with van der Waals surface area (Å²) in [5.41, 5.74) is 0. The third-order valence-electron chi connectivity index (χ3n) is 1.73. The first kappa shape index (κ1) is 8.40. The fraction of sp³-hybridized carbons (Fsp3) is 1.00. The van der Waals surface area contributed by atoms with Crippen LogP contribution in [-0.4, -0.2) is 32.2 Å². The molecule has 70 valence electrons. The lowest BCUT2D eigenvalue weighted by molar-refractivity contribution is -0.691. The van der Waals surface area contributed by atoms with E-state index < -0.39 is 0 Å². The van der Waals surface area contributed by atoms with Gasteiger partial charge in [-0.1, -0.05) is 5.04 Å². The number of rotatable bonds is 6. The van der Waals surface area contributed by atoms with Crippen molar-refractivity contribution in [3.8, 4) is 0 Å². The van der Waals surface area contributed by atoms with Crippen LogP contribution in [0.5, 0.6) is 0 Å². The van der Waals surface area contributed by atoms with Gasteiger partial charge in [-0.25, -0.2) is 0 Å². The molecule has 12 heavy (non-hydrogen) atoms. The van der Waals surface area contributed by atoms with Gasteiger partial charge in [0, 0.05) is 13.0 Å². The molecule has 2 heterocycles. The van der Waals surface area contributed by atoms with Gasteiger partial charge in [0.05, 0.1) is 13.2 Å². The smallest absolute Gasteiger partial charge is 0.230 e. The van der Waals surface area contributed by atoms with Crippen molar-refractivity contribution in [1.29, 1.82) is 0 Å². The number of hydrogen-bond donors (Lipinski definition) is 0. The first-order valence-electron chi connectivity index (χ1n) is 4.13. The molecule has 2 saturated heterocycles. The molecule has 0 aromatic heterocycles. The maximum Gasteiger partial charge on any atom is 0.230 e. The first-order valence-corrected chi connectivity index (χ1v) is 4.13. The highest BCUT2D eigenvalue weighted by atomic mass is 17.6. The molecule has 0 radical (unpaired) electrons. The van der Waals surface area contributed by atoms with Gasteiger partial charge in [0.15, 0.2) is 0 Å². The molecule has 0 spiro atoms. The standard InChI is InChI=1S/C7H12O5/c1(2-7-10-12-11-7)3-8-4-6-5-9-6/h6-7H,1-5H2. The van der Waals surface area contributed by atoms with Crippen LogP contribution in [0.1, 0.15) is 12.8 Å². The summed E-state index contributed by atoms with van der Waals surface area (Å²) in [7, 11) is 0. The van der Waals surface area contributed by atoms with Crippen LogP contribution in [0.3, 0.4) is 0 Å². The highest BCUT2D eigenvalue weighted by molar-refractivity contribution is 4.66. The number of hydrogen-bond acceptors (Lipinski definition) is 5. The van der Waals surface area contributed by atoms with Crippen molar-refractivity contribution in [2.45, 2.75) is 25.2 Å². The largest absolute Gasteiger partial charge is 0.379 e. The summed E-state index contributed by atoms with van der Waals surface area (Å²) in [6.45, 7) is 2.29. The van der Waals surface area contributed by atoms with E-state index in [-0.39, 0.29) is 6.29 Å².